The summed E-state index contributed by atoms with van der Waals surface area (Å²) in [5.41, 5.74) is 2.41. The molecule has 0 atom stereocenters. The Labute approximate surface area is 113 Å². The number of hydrogen-bond acceptors (Lipinski definition) is 4. The van der Waals surface area contributed by atoms with Gasteiger partial charge in [0.15, 0.2) is 0 Å². The summed E-state index contributed by atoms with van der Waals surface area (Å²) in [6, 6.07) is 5.87. The van der Waals surface area contributed by atoms with E-state index in [4.69, 9.17) is 15.5 Å². The predicted octanol–water partition coefficient (Wildman–Crippen LogP) is 2.37. The Morgan fingerprint density at radius 2 is 2.16 bits per heavy atom. The van der Waals surface area contributed by atoms with E-state index in [0.29, 0.717) is 6.54 Å². The number of fused-ring (bicyclic) bond motifs is 1. The van der Waals surface area contributed by atoms with Crippen molar-refractivity contribution in [1.29, 1.82) is 0 Å². The minimum absolute atomic E-state index is 0.280. The highest BCUT2D eigenvalue weighted by Gasteiger charge is 2.30. The van der Waals surface area contributed by atoms with Crippen molar-refractivity contribution in [3.05, 3.63) is 29.3 Å². The second kappa shape index (κ2) is 5.19. The average molecular weight is 264 g/mol. The van der Waals surface area contributed by atoms with E-state index in [-0.39, 0.29) is 12.7 Å². The number of amides is 1. The first-order chi connectivity index (χ1) is 8.92. The summed E-state index contributed by atoms with van der Waals surface area (Å²) in [7, 11) is 0. The summed E-state index contributed by atoms with van der Waals surface area (Å²) in [5, 5.41) is 0. The highest BCUT2D eigenvalue weighted by molar-refractivity contribution is 5.91. The lowest BCUT2D eigenvalue weighted by Gasteiger charge is -2.25. The number of nitrogens with two attached hydrogens (primary N) is 1. The van der Waals surface area contributed by atoms with Crippen molar-refractivity contribution >= 4 is 11.8 Å². The van der Waals surface area contributed by atoms with Crippen LogP contribution in [0.25, 0.3) is 0 Å². The van der Waals surface area contributed by atoms with Gasteiger partial charge in [0.1, 0.15) is 5.60 Å². The van der Waals surface area contributed by atoms with E-state index in [9.17, 15) is 4.79 Å². The van der Waals surface area contributed by atoms with Crippen LogP contribution in [0.3, 0.4) is 0 Å². The van der Waals surface area contributed by atoms with Crippen LogP contribution in [0.15, 0.2) is 18.2 Å². The largest absolute Gasteiger partial charge is 0.443 e. The molecule has 1 aliphatic heterocycles. The average Bonchev–Trinajstić information content (AvgIpc) is 2.72. The zero-order valence-corrected chi connectivity index (χ0v) is 11.6. The second-order valence-electron chi connectivity index (χ2n) is 5.62. The first kappa shape index (κ1) is 13.8. The summed E-state index contributed by atoms with van der Waals surface area (Å²) in [6.45, 7) is 6.48. The highest BCUT2D eigenvalue weighted by Crippen LogP contribution is 2.33. The van der Waals surface area contributed by atoms with E-state index < -0.39 is 5.60 Å². The molecule has 0 spiro atoms. The predicted molar refractivity (Wildman–Crippen MR) is 72.7 cm³/mol. The SMILES string of the molecule is CC(C)(C)OC(=O)N1CCc2cccc(CON)c21. The third-order valence-corrected chi connectivity index (χ3v) is 2.93. The fourth-order valence-corrected chi connectivity index (χ4v) is 2.24. The van der Waals surface area contributed by atoms with Crippen LogP contribution >= 0.6 is 0 Å². The van der Waals surface area contributed by atoms with Crippen molar-refractivity contribution in [1.82, 2.24) is 0 Å². The summed E-state index contributed by atoms with van der Waals surface area (Å²) < 4.78 is 5.43. The van der Waals surface area contributed by atoms with Gasteiger partial charge in [-0.05, 0) is 32.8 Å². The Kier molecular flexibility index (Phi) is 3.78. The molecular weight excluding hydrogens is 244 g/mol. The number of benzene rings is 1. The molecule has 0 saturated carbocycles. The van der Waals surface area contributed by atoms with Gasteiger partial charge in [0.05, 0.1) is 12.3 Å². The second-order valence-corrected chi connectivity index (χ2v) is 5.62. The molecule has 1 aromatic rings. The van der Waals surface area contributed by atoms with E-state index in [1.165, 1.54) is 0 Å². The Bertz CT molecular complexity index is 480. The van der Waals surface area contributed by atoms with Gasteiger partial charge in [-0.15, -0.1) is 0 Å². The Hall–Kier alpha value is -1.59. The van der Waals surface area contributed by atoms with Crippen molar-refractivity contribution in [2.45, 2.75) is 39.4 Å². The van der Waals surface area contributed by atoms with Gasteiger partial charge in [-0.3, -0.25) is 9.74 Å². The molecule has 0 radical (unpaired) electrons. The number of carbonyl (C=O) groups excluding carboxylic acids is 1. The topological polar surface area (TPSA) is 64.8 Å². The van der Waals surface area contributed by atoms with Crippen LogP contribution in [-0.4, -0.2) is 18.2 Å². The van der Waals surface area contributed by atoms with E-state index in [0.717, 1.165) is 23.2 Å². The van der Waals surface area contributed by atoms with Gasteiger partial charge in [0, 0.05) is 12.1 Å². The molecule has 1 amide bonds. The van der Waals surface area contributed by atoms with Crippen molar-refractivity contribution in [2.75, 3.05) is 11.4 Å². The van der Waals surface area contributed by atoms with Crippen LogP contribution < -0.4 is 10.8 Å². The van der Waals surface area contributed by atoms with Crippen LogP contribution in [0, 0.1) is 0 Å². The maximum Gasteiger partial charge on any atom is 0.414 e. The van der Waals surface area contributed by atoms with Gasteiger partial charge in [0.25, 0.3) is 0 Å². The van der Waals surface area contributed by atoms with E-state index in [1.807, 2.05) is 39.0 Å². The van der Waals surface area contributed by atoms with Crippen LogP contribution in [0.5, 0.6) is 0 Å². The third-order valence-electron chi connectivity index (χ3n) is 2.93. The van der Waals surface area contributed by atoms with E-state index in [2.05, 4.69) is 0 Å². The Balaban J connectivity index is 2.27. The molecule has 0 saturated heterocycles. The van der Waals surface area contributed by atoms with Crippen molar-refractivity contribution in [3.8, 4) is 0 Å². The van der Waals surface area contributed by atoms with Gasteiger partial charge in [0.2, 0.25) is 0 Å². The number of nitrogens with zero attached hydrogens (tertiary/aromatic N) is 1. The smallest absolute Gasteiger partial charge is 0.414 e. The number of rotatable bonds is 2. The molecule has 5 heteroatoms. The fourth-order valence-electron chi connectivity index (χ4n) is 2.24. The first-order valence-corrected chi connectivity index (χ1v) is 6.35. The van der Waals surface area contributed by atoms with Crippen molar-refractivity contribution in [2.24, 2.45) is 5.90 Å². The monoisotopic (exact) mass is 264 g/mol. The molecule has 2 N–H and O–H groups in total. The molecule has 1 heterocycles. The molecule has 19 heavy (non-hydrogen) atoms. The lowest BCUT2D eigenvalue weighted by Crippen LogP contribution is -2.36. The molecular formula is C14H20N2O3. The van der Waals surface area contributed by atoms with Crippen molar-refractivity contribution < 1.29 is 14.4 Å². The molecule has 0 fully saturated rings. The molecule has 0 unspecified atom stereocenters. The maximum atomic E-state index is 12.2. The first-order valence-electron chi connectivity index (χ1n) is 6.35. The Morgan fingerprint density at radius 1 is 1.42 bits per heavy atom. The maximum absolute atomic E-state index is 12.2. The van der Waals surface area contributed by atoms with Gasteiger partial charge in [-0.2, -0.15) is 0 Å². The van der Waals surface area contributed by atoms with Gasteiger partial charge in [-0.1, -0.05) is 18.2 Å². The van der Waals surface area contributed by atoms with Crippen LogP contribution in [-0.2, 0) is 22.6 Å². The standard InChI is InChI=1S/C14H20N2O3/c1-14(2,3)19-13(17)16-8-7-10-5-4-6-11(9-18-15)12(10)16/h4-6H,7-9,15H2,1-3H3. The zero-order chi connectivity index (χ0) is 14.0. The molecule has 1 aromatic carbocycles. The highest BCUT2D eigenvalue weighted by atomic mass is 16.6. The third kappa shape index (κ3) is 3.05. The van der Waals surface area contributed by atoms with E-state index >= 15 is 0 Å². The number of carbonyl (C=O) groups is 1. The lowest BCUT2D eigenvalue weighted by molar-refractivity contribution is 0.0582. The summed E-state index contributed by atoms with van der Waals surface area (Å²) in [6.07, 6.45) is 0.503. The quantitative estimate of drug-likeness (QED) is 0.833. The molecule has 1 aliphatic rings. The van der Waals surface area contributed by atoms with E-state index in [1.54, 1.807) is 4.90 Å². The molecule has 0 bridgehead atoms. The minimum atomic E-state index is -0.501. The van der Waals surface area contributed by atoms with Crippen LogP contribution in [0.1, 0.15) is 31.9 Å². The number of hydrogen-bond donors (Lipinski definition) is 1. The minimum Gasteiger partial charge on any atom is -0.443 e. The zero-order valence-electron chi connectivity index (χ0n) is 11.6. The molecule has 0 aliphatic carbocycles. The molecule has 0 aromatic heterocycles. The number of anilines is 1. The van der Waals surface area contributed by atoms with Gasteiger partial charge >= 0.3 is 6.09 Å². The van der Waals surface area contributed by atoms with Crippen LogP contribution in [0.2, 0.25) is 0 Å². The molecule has 104 valence electrons. The summed E-state index contributed by atoms with van der Waals surface area (Å²) in [5.74, 6) is 5.14. The number of ether oxygens (including phenoxy) is 1. The van der Waals surface area contributed by atoms with Gasteiger partial charge < -0.3 is 4.74 Å². The van der Waals surface area contributed by atoms with Crippen LogP contribution in [0.4, 0.5) is 10.5 Å². The van der Waals surface area contributed by atoms with Gasteiger partial charge in [-0.25, -0.2) is 10.7 Å². The molecule has 2 rings (SSSR count). The lowest BCUT2D eigenvalue weighted by atomic mass is 10.1. The fraction of sp³-hybridized carbons (Fsp3) is 0.500. The summed E-state index contributed by atoms with van der Waals surface area (Å²) >= 11 is 0. The number of para-hydroxylation sites is 1. The van der Waals surface area contributed by atoms with Crippen molar-refractivity contribution in [3.63, 3.8) is 0 Å². The summed E-state index contributed by atoms with van der Waals surface area (Å²) in [4.78, 5) is 18.6. The molecule has 5 nitrogen and oxygen atoms in total. The normalized spacial score (nSPS) is 14.4. The Morgan fingerprint density at radius 3 is 2.79 bits per heavy atom.